The summed E-state index contributed by atoms with van der Waals surface area (Å²) in [5, 5.41) is 21.0. The Morgan fingerprint density at radius 1 is 0.737 bits per heavy atom. The Kier molecular flexibility index (Phi) is 18.3. The van der Waals surface area contributed by atoms with Gasteiger partial charge >= 0.3 is 53.9 Å². The average molecular weight is 877 g/mol. The monoisotopic (exact) mass is 876 g/mol. The molecule has 2 unspecified atom stereocenters. The Labute approximate surface area is 321 Å². The molecule has 57 heavy (non-hydrogen) atoms. The summed E-state index contributed by atoms with van der Waals surface area (Å²) in [6, 6.07) is 6.31. The fraction of sp³-hybridized carbons (Fsp3) is 0.719. The van der Waals surface area contributed by atoms with Crippen LogP contribution >= 0.6 is 12.0 Å². The second-order valence-corrected chi connectivity index (χ2v) is 14.2. The molecule has 0 radical (unpaired) electrons. The van der Waals surface area contributed by atoms with Gasteiger partial charge in [0.05, 0.1) is 46.4 Å². The summed E-state index contributed by atoms with van der Waals surface area (Å²) in [6.07, 6.45) is -7.20. The number of rotatable bonds is 26. The Morgan fingerprint density at radius 3 is 1.84 bits per heavy atom. The number of carbonyl (C=O) groups excluding carboxylic acids is 3. The first-order valence-electron chi connectivity index (χ1n) is 16.2. The van der Waals surface area contributed by atoms with Crippen LogP contribution in [0, 0.1) is 16.2 Å². The van der Waals surface area contributed by atoms with Gasteiger partial charge in [-0.2, -0.15) is 43.9 Å². The van der Waals surface area contributed by atoms with E-state index in [9.17, 15) is 67.1 Å². The number of esters is 3. The van der Waals surface area contributed by atoms with E-state index in [1.165, 1.54) is 19.9 Å². The summed E-state index contributed by atoms with van der Waals surface area (Å²) in [5.41, 5.74) is -5.95. The fourth-order valence-corrected chi connectivity index (χ4v) is 5.65. The van der Waals surface area contributed by atoms with Gasteiger partial charge in [0.2, 0.25) is 0 Å². The zero-order valence-corrected chi connectivity index (χ0v) is 31.5. The van der Waals surface area contributed by atoms with Gasteiger partial charge < -0.3 is 28.8 Å². The first-order chi connectivity index (χ1) is 26.0. The number of hydrogen-bond acceptors (Lipinski definition) is 13. The van der Waals surface area contributed by atoms with Gasteiger partial charge in [0.25, 0.3) is 0 Å². The molecular formula is C32H40F12O12S. The molecule has 12 nitrogen and oxygen atoms in total. The zero-order valence-electron chi connectivity index (χ0n) is 30.7. The molecule has 1 aromatic carbocycles. The smallest absolute Gasteiger partial charge is 0.384 e. The molecule has 0 amide bonds. The van der Waals surface area contributed by atoms with E-state index in [4.69, 9.17) is 29.3 Å². The minimum Gasteiger partial charge on any atom is -0.466 e. The first-order valence-corrected chi connectivity index (χ1v) is 17.0. The lowest BCUT2D eigenvalue weighted by Crippen LogP contribution is -2.69. The third kappa shape index (κ3) is 12.1. The maximum Gasteiger partial charge on any atom is 0.384 e. The molecule has 0 spiro atoms. The minimum absolute atomic E-state index is 0.0810. The molecule has 25 heteroatoms. The Balaban J connectivity index is 3.14. The number of aliphatic hydroxyl groups is 1. The molecular weight excluding hydrogens is 836 g/mol. The molecule has 0 aromatic heterocycles. The van der Waals surface area contributed by atoms with E-state index in [1.54, 1.807) is 18.2 Å². The third-order valence-corrected chi connectivity index (χ3v) is 8.99. The van der Waals surface area contributed by atoms with E-state index in [-0.39, 0.29) is 32.2 Å². The van der Waals surface area contributed by atoms with Gasteiger partial charge in [-0.1, -0.05) is 24.1 Å². The maximum absolute atomic E-state index is 14.4. The lowest BCUT2D eigenvalue weighted by atomic mass is 9.65. The highest BCUT2D eigenvalue weighted by molar-refractivity contribution is 7.94. The van der Waals surface area contributed by atoms with Gasteiger partial charge in [-0.3, -0.25) is 14.4 Å². The molecule has 0 aliphatic heterocycles. The van der Waals surface area contributed by atoms with Gasteiger partial charge in [-0.15, -0.1) is 4.33 Å². The molecule has 0 aliphatic carbocycles. The first kappa shape index (κ1) is 51.8. The summed E-state index contributed by atoms with van der Waals surface area (Å²) < 4.78 is 193. The largest absolute Gasteiger partial charge is 0.466 e. The second-order valence-electron chi connectivity index (χ2n) is 13.5. The molecule has 2 N–H and O–H groups in total. The van der Waals surface area contributed by atoms with Crippen molar-refractivity contribution in [1.29, 1.82) is 0 Å². The highest BCUT2D eigenvalue weighted by Crippen LogP contribution is 2.58. The molecule has 0 heterocycles. The van der Waals surface area contributed by atoms with Gasteiger partial charge in [0, 0.05) is 0 Å². The van der Waals surface area contributed by atoms with Crippen LogP contribution in [-0.4, -0.2) is 104 Å². The van der Waals surface area contributed by atoms with E-state index in [0.717, 1.165) is 20.8 Å². The number of alkyl halides is 12. The summed E-state index contributed by atoms with van der Waals surface area (Å²) in [4.78, 5) is 39.8. The summed E-state index contributed by atoms with van der Waals surface area (Å²) in [6.45, 7) is 0.0917. The van der Waals surface area contributed by atoms with E-state index in [0.29, 0.717) is 16.9 Å². The number of aliphatic hydroxyl groups excluding tert-OH is 1. The van der Waals surface area contributed by atoms with Crippen molar-refractivity contribution in [3.63, 3.8) is 0 Å². The Hall–Kier alpha value is -3.26. The van der Waals surface area contributed by atoms with Crippen molar-refractivity contribution in [3.8, 4) is 5.75 Å². The van der Waals surface area contributed by atoms with E-state index in [1.807, 2.05) is 0 Å². The number of para-hydroxylation sites is 1. The molecule has 0 aliphatic rings. The second kappa shape index (κ2) is 20.1. The minimum atomic E-state index is -7.84. The van der Waals surface area contributed by atoms with E-state index in [2.05, 4.69) is 14.1 Å². The summed E-state index contributed by atoms with van der Waals surface area (Å²) in [5.74, 6) is -40.8. The standard InChI is InChI=1S/C32H40F12O12S/c1-6-26(4,23(47)52-14-13-50-18-54-19-9-7-8-10-20(19)57-56-55-49)16-27(5,24(48)51-12-11-45)15-25(2,3)22(46)53-17-28(35,36)30(39,40)32(43,44)31(41,42)29(37,38)21(33)34/h7-10,21,45,49H,6,11-18H2,1-5H3. The molecule has 330 valence electrons. The lowest BCUT2D eigenvalue weighted by Gasteiger charge is -2.40. The van der Waals surface area contributed by atoms with Gasteiger partial charge in [0.15, 0.2) is 13.4 Å². The predicted molar refractivity (Wildman–Crippen MR) is 169 cm³/mol. The highest BCUT2D eigenvalue weighted by atomic mass is 32.2. The van der Waals surface area contributed by atoms with Crippen LogP contribution in [0.2, 0.25) is 0 Å². The number of benzene rings is 1. The van der Waals surface area contributed by atoms with Crippen molar-refractivity contribution >= 4 is 30.0 Å². The number of carbonyl (C=O) groups is 3. The van der Waals surface area contributed by atoms with Crippen LogP contribution < -0.4 is 4.74 Å². The van der Waals surface area contributed by atoms with Crippen molar-refractivity contribution < 1.29 is 110 Å². The fourth-order valence-electron chi connectivity index (χ4n) is 5.21. The van der Waals surface area contributed by atoms with Crippen LogP contribution in [0.4, 0.5) is 52.7 Å². The molecule has 1 aromatic rings. The number of halogens is 12. The average Bonchev–Trinajstić information content (AvgIpc) is 3.12. The Morgan fingerprint density at radius 2 is 1.30 bits per heavy atom. The van der Waals surface area contributed by atoms with Crippen molar-refractivity contribution in [2.45, 2.75) is 94.8 Å². The maximum atomic E-state index is 14.4. The predicted octanol–water partition coefficient (Wildman–Crippen LogP) is 7.76. The summed E-state index contributed by atoms with van der Waals surface area (Å²) >= 11 is 0.608. The van der Waals surface area contributed by atoms with Crippen LogP contribution in [-0.2, 0) is 42.7 Å². The quantitative estimate of drug-likeness (QED) is 0.0136. The topological polar surface area (TPSA) is 156 Å². The molecule has 0 bridgehead atoms. The van der Waals surface area contributed by atoms with Gasteiger partial charge in [0.1, 0.15) is 19.0 Å². The zero-order chi connectivity index (χ0) is 44.3. The lowest BCUT2D eigenvalue weighted by molar-refractivity contribution is -0.432. The van der Waals surface area contributed by atoms with Crippen LogP contribution in [0.5, 0.6) is 5.75 Å². The van der Waals surface area contributed by atoms with Crippen LogP contribution in [0.15, 0.2) is 29.2 Å². The van der Waals surface area contributed by atoms with E-state index < -0.39 is 103 Å². The highest BCUT2D eigenvalue weighted by Gasteiger charge is 2.88. The molecule has 1 rings (SSSR count). The molecule has 2 atom stereocenters. The van der Waals surface area contributed by atoms with Gasteiger partial charge in [-0.25, -0.2) is 14.0 Å². The van der Waals surface area contributed by atoms with Crippen LogP contribution in [0.25, 0.3) is 0 Å². The normalized spacial score (nSPS) is 15.4. The number of ether oxygens (including phenoxy) is 5. The van der Waals surface area contributed by atoms with Crippen LogP contribution in [0.1, 0.15) is 53.9 Å². The van der Waals surface area contributed by atoms with Crippen molar-refractivity contribution in [1.82, 2.24) is 0 Å². The van der Waals surface area contributed by atoms with E-state index >= 15 is 0 Å². The number of hydrogen-bond donors (Lipinski definition) is 2. The van der Waals surface area contributed by atoms with Crippen LogP contribution in [0.3, 0.4) is 0 Å². The SMILES string of the molecule is CCC(C)(CC(C)(CC(C)(C)C(=O)OCC(F)(F)C(F)(F)C(F)(F)C(F)(F)C(F)(F)C(F)F)C(=O)OCCO)C(=O)OCCOCOc1ccccc1SOOO. The van der Waals surface area contributed by atoms with Gasteiger partial charge in [-0.05, 0) is 59.1 Å². The molecule has 0 fully saturated rings. The van der Waals surface area contributed by atoms with Crippen molar-refractivity contribution in [3.05, 3.63) is 24.3 Å². The Bertz CT molecular complexity index is 1490. The third-order valence-electron chi connectivity index (χ3n) is 8.34. The summed E-state index contributed by atoms with van der Waals surface area (Å²) in [7, 11) is 0. The van der Waals surface area contributed by atoms with Crippen molar-refractivity contribution in [2.75, 3.05) is 39.8 Å². The molecule has 0 saturated heterocycles. The van der Waals surface area contributed by atoms with Crippen molar-refractivity contribution in [2.24, 2.45) is 16.2 Å². The molecule has 0 saturated carbocycles.